The molecule has 1 amide bonds. The third-order valence-corrected chi connectivity index (χ3v) is 6.10. The molecule has 2 saturated carbocycles. The van der Waals surface area contributed by atoms with Crippen LogP contribution >= 0.6 is 0 Å². The summed E-state index contributed by atoms with van der Waals surface area (Å²) in [5.74, 6) is -0.0147. The van der Waals surface area contributed by atoms with Crippen molar-refractivity contribution in [1.29, 1.82) is 0 Å². The number of carbonyl (C=O) groups excluding carboxylic acids is 2. The van der Waals surface area contributed by atoms with E-state index in [9.17, 15) is 9.59 Å². The molecule has 4 rings (SSSR count). The van der Waals surface area contributed by atoms with Gasteiger partial charge in [-0.3, -0.25) is 19.6 Å². The smallest absolute Gasteiger partial charge is 0.271 e. The highest BCUT2D eigenvalue weighted by Gasteiger charge is 2.52. The summed E-state index contributed by atoms with van der Waals surface area (Å²) in [7, 11) is 0. The van der Waals surface area contributed by atoms with E-state index >= 15 is 0 Å². The van der Waals surface area contributed by atoms with E-state index < -0.39 is 0 Å². The average molecular weight is 364 g/mol. The Bertz CT molecular complexity index is 869. The standard InChI is InChI=1S/C21H24N4O2/c1-15-11-23-13-17(24-15)19(27)25-21-6-3-5-20(14-21,7-8-21)10-18(26)16-4-2-9-22-12-16/h2,4,9,11-13H,3,5-8,10,14H2,1H3,(H,25,27). The predicted molar refractivity (Wildman–Crippen MR) is 100 cm³/mol. The fourth-order valence-electron chi connectivity index (χ4n) is 4.88. The molecule has 6 heteroatoms. The maximum absolute atomic E-state index is 12.7. The van der Waals surface area contributed by atoms with Crippen LogP contribution < -0.4 is 5.32 Å². The molecule has 140 valence electrons. The van der Waals surface area contributed by atoms with E-state index in [2.05, 4.69) is 20.3 Å². The van der Waals surface area contributed by atoms with Crippen LogP contribution in [-0.4, -0.2) is 32.2 Å². The number of nitrogens with one attached hydrogen (secondary N) is 1. The molecule has 1 N–H and O–H groups in total. The van der Waals surface area contributed by atoms with Gasteiger partial charge in [-0.2, -0.15) is 0 Å². The predicted octanol–water partition coefficient (Wildman–Crippen LogP) is 3.28. The van der Waals surface area contributed by atoms with Crippen LogP contribution in [0.25, 0.3) is 0 Å². The molecule has 0 aromatic carbocycles. The maximum Gasteiger partial charge on any atom is 0.271 e. The van der Waals surface area contributed by atoms with Crippen molar-refractivity contribution in [2.24, 2.45) is 5.41 Å². The van der Waals surface area contributed by atoms with Crippen molar-refractivity contribution in [2.75, 3.05) is 0 Å². The molecule has 0 aliphatic heterocycles. The molecule has 2 heterocycles. The van der Waals surface area contributed by atoms with Gasteiger partial charge in [0, 0.05) is 36.1 Å². The molecule has 27 heavy (non-hydrogen) atoms. The minimum atomic E-state index is -0.226. The Hall–Kier alpha value is -2.63. The highest BCUT2D eigenvalue weighted by Crippen LogP contribution is 2.55. The zero-order chi connectivity index (χ0) is 18.9. The quantitative estimate of drug-likeness (QED) is 0.823. The van der Waals surface area contributed by atoms with E-state index in [1.165, 1.54) is 6.20 Å². The van der Waals surface area contributed by atoms with Crippen LogP contribution in [0.4, 0.5) is 0 Å². The Kier molecular flexibility index (Phi) is 4.50. The molecule has 2 unspecified atom stereocenters. The number of rotatable bonds is 5. The second-order valence-corrected chi connectivity index (χ2v) is 8.15. The van der Waals surface area contributed by atoms with E-state index in [0.29, 0.717) is 17.7 Å². The van der Waals surface area contributed by atoms with Crippen LogP contribution in [0.1, 0.15) is 71.5 Å². The minimum absolute atomic E-state index is 0.0171. The van der Waals surface area contributed by atoms with Gasteiger partial charge < -0.3 is 5.32 Å². The number of fused-ring (bicyclic) bond motifs is 2. The van der Waals surface area contributed by atoms with Gasteiger partial charge in [0.15, 0.2) is 5.78 Å². The summed E-state index contributed by atoms with van der Waals surface area (Å²) < 4.78 is 0. The van der Waals surface area contributed by atoms with Gasteiger partial charge in [0.1, 0.15) is 5.69 Å². The van der Waals surface area contributed by atoms with Crippen molar-refractivity contribution >= 4 is 11.7 Å². The van der Waals surface area contributed by atoms with Crippen LogP contribution in [0, 0.1) is 12.3 Å². The van der Waals surface area contributed by atoms with Crippen LogP contribution in [0.15, 0.2) is 36.9 Å². The SMILES string of the molecule is Cc1cncc(C(=O)NC23CCCC(CC(=O)c4cccnc4)(CC2)C3)n1. The third-order valence-electron chi connectivity index (χ3n) is 6.10. The lowest BCUT2D eigenvalue weighted by atomic mass is 9.70. The summed E-state index contributed by atoms with van der Waals surface area (Å²) >= 11 is 0. The summed E-state index contributed by atoms with van der Waals surface area (Å²) in [6, 6.07) is 3.63. The van der Waals surface area contributed by atoms with Gasteiger partial charge in [0.25, 0.3) is 5.91 Å². The number of nitrogens with zero attached hydrogens (tertiary/aromatic N) is 3. The van der Waals surface area contributed by atoms with E-state index in [0.717, 1.165) is 44.2 Å². The third kappa shape index (κ3) is 3.61. The molecule has 2 aliphatic carbocycles. The van der Waals surface area contributed by atoms with Gasteiger partial charge in [0.2, 0.25) is 0 Å². The summed E-state index contributed by atoms with van der Waals surface area (Å²) in [6.45, 7) is 1.83. The number of aromatic nitrogens is 3. The van der Waals surface area contributed by atoms with E-state index in [4.69, 9.17) is 0 Å². The van der Waals surface area contributed by atoms with Crippen LogP contribution in [0.2, 0.25) is 0 Å². The van der Waals surface area contributed by atoms with Gasteiger partial charge in [-0.15, -0.1) is 0 Å². The van der Waals surface area contributed by atoms with E-state index in [1.807, 2.05) is 13.0 Å². The lowest BCUT2D eigenvalue weighted by molar-refractivity contribution is 0.0800. The largest absolute Gasteiger partial charge is 0.345 e. The number of carbonyl (C=O) groups is 2. The zero-order valence-electron chi connectivity index (χ0n) is 15.6. The number of amides is 1. The number of pyridine rings is 1. The normalized spacial score (nSPS) is 26.6. The lowest BCUT2D eigenvalue weighted by Gasteiger charge is -2.39. The van der Waals surface area contributed by atoms with Gasteiger partial charge in [-0.25, -0.2) is 4.98 Å². The first-order valence-corrected chi connectivity index (χ1v) is 9.54. The molecule has 2 bridgehead atoms. The van der Waals surface area contributed by atoms with Crippen LogP contribution in [0.3, 0.4) is 0 Å². The van der Waals surface area contributed by atoms with Crippen molar-refractivity contribution in [3.63, 3.8) is 0 Å². The van der Waals surface area contributed by atoms with E-state index in [-0.39, 0.29) is 22.6 Å². The average Bonchev–Trinajstić information content (AvgIpc) is 2.92. The number of ketones is 1. The van der Waals surface area contributed by atoms with E-state index in [1.54, 1.807) is 24.7 Å². The van der Waals surface area contributed by atoms with Gasteiger partial charge in [0.05, 0.1) is 11.9 Å². The molecule has 2 atom stereocenters. The highest BCUT2D eigenvalue weighted by molar-refractivity contribution is 5.96. The minimum Gasteiger partial charge on any atom is -0.345 e. The van der Waals surface area contributed by atoms with Crippen LogP contribution in [0.5, 0.6) is 0 Å². The second-order valence-electron chi connectivity index (χ2n) is 8.15. The van der Waals surface area contributed by atoms with Gasteiger partial charge in [-0.1, -0.05) is 6.42 Å². The summed E-state index contributed by atoms with van der Waals surface area (Å²) in [4.78, 5) is 37.9. The molecular weight excluding hydrogens is 340 g/mol. The monoisotopic (exact) mass is 364 g/mol. The van der Waals surface area contributed by atoms with Gasteiger partial charge in [-0.05, 0) is 56.6 Å². The Balaban J connectivity index is 1.48. The molecule has 0 radical (unpaired) electrons. The van der Waals surface area contributed by atoms with Gasteiger partial charge >= 0.3 is 0 Å². The maximum atomic E-state index is 12.7. The Morgan fingerprint density at radius 1 is 1.11 bits per heavy atom. The zero-order valence-corrected chi connectivity index (χ0v) is 15.6. The molecule has 2 aromatic heterocycles. The first-order chi connectivity index (χ1) is 13.0. The second kappa shape index (κ2) is 6.83. The molecule has 2 aliphatic rings. The van der Waals surface area contributed by atoms with Crippen LogP contribution in [-0.2, 0) is 0 Å². The lowest BCUT2D eigenvalue weighted by Crippen LogP contribution is -2.49. The first kappa shape index (κ1) is 17.8. The molecule has 2 aromatic rings. The molecule has 2 fully saturated rings. The summed E-state index contributed by atoms with van der Waals surface area (Å²) in [6.07, 6.45) is 12.8. The molecular formula is C21H24N4O2. The number of Topliss-reactive ketones (excluding diaryl/α,β-unsaturated/α-hetero) is 1. The number of aryl methyl sites for hydroxylation is 1. The number of hydrogen-bond acceptors (Lipinski definition) is 5. The van der Waals surface area contributed by atoms with Crippen molar-refractivity contribution in [3.05, 3.63) is 53.9 Å². The highest BCUT2D eigenvalue weighted by atomic mass is 16.2. The summed E-state index contributed by atoms with van der Waals surface area (Å²) in [5, 5.41) is 3.24. The fraction of sp³-hybridized carbons (Fsp3) is 0.476. The van der Waals surface area contributed by atoms with Crippen molar-refractivity contribution in [1.82, 2.24) is 20.3 Å². The molecule has 0 saturated heterocycles. The molecule has 6 nitrogen and oxygen atoms in total. The van der Waals surface area contributed by atoms with Crippen molar-refractivity contribution < 1.29 is 9.59 Å². The molecule has 0 spiro atoms. The summed E-state index contributed by atoms with van der Waals surface area (Å²) in [5.41, 5.74) is 1.52. The first-order valence-electron chi connectivity index (χ1n) is 9.54. The fourth-order valence-corrected chi connectivity index (χ4v) is 4.88. The topological polar surface area (TPSA) is 84.8 Å². The number of hydrogen-bond donors (Lipinski definition) is 1. The van der Waals surface area contributed by atoms with Crippen molar-refractivity contribution in [3.8, 4) is 0 Å². The Morgan fingerprint density at radius 2 is 2.00 bits per heavy atom. The van der Waals surface area contributed by atoms with Crippen molar-refractivity contribution in [2.45, 2.75) is 57.4 Å². The Labute approximate surface area is 158 Å². The Morgan fingerprint density at radius 3 is 2.78 bits per heavy atom.